The Morgan fingerprint density at radius 2 is 1.83 bits per heavy atom. The number of carboxylic acid groups (broad SMARTS) is 1. The Hall–Kier alpha value is -2.86. The topological polar surface area (TPSA) is 74.9 Å². The van der Waals surface area contributed by atoms with E-state index in [1.165, 1.54) is 0 Å². The highest BCUT2D eigenvalue weighted by Crippen LogP contribution is 2.28. The molecule has 1 aromatic carbocycles. The van der Waals surface area contributed by atoms with Crippen LogP contribution in [0.5, 0.6) is 0 Å². The zero-order valence-corrected chi connectivity index (χ0v) is 17.6. The molecule has 0 aliphatic carbocycles. The second-order valence-corrected chi connectivity index (χ2v) is 8.38. The maximum absolute atomic E-state index is 13.1. The fourth-order valence-corrected chi connectivity index (χ4v) is 4.23. The van der Waals surface area contributed by atoms with E-state index < -0.39 is 5.97 Å². The number of pyridine rings is 1. The lowest BCUT2D eigenvalue weighted by Gasteiger charge is -2.31. The molecular weight excluding hydrogens is 402 g/mol. The van der Waals surface area contributed by atoms with Crippen LogP contribution in [-0.4, -0.2) is 44.4 Å². The molecule has 1 fully saturated rings. The van der Waals surface area contributed by atoms with Crippen LogP contribution in [0.25, 0.3) is 16.9 Å². The predicted molar refractivity (Wildman–Crippen MR) is 116 cm³/mol. The van der Waals surface area contributed by atoms with Crippen LogP contribution in [0.3, 0.4) is 0 Å². The van der Waals surface area contributed by atoms with Gasteiger partial charge in [-0.25, -0.2) is 4.98 Å². The van der Waals surface area contributed by atoms with E-state index in [1.54, 1.807) is 12.3 Å². The SMILES string of the molecule is Cc1ccc(-c2nc3ccc(Cl)cn3c2CC(=O)N2CCC(CC(=O)O)CC2)cc1. The average molecular weight is 426 g/mol. The number of fused-ring (bicyclic) bond motifs is 1. The van der Waals surface area contributed by atoms with Crippen molar-refractivity contribution in [1.82, 2.24) is 14.3 Å². The molecule has 1 N–H and O–H groups in total. The molecule has 0 radical (unpaired) electrons. The van der Waals surface area contributed by atoms with Gasteiger partial charge >= 0.3 is 5.97 Å². The van der Waals surface area contributed by atoms with Crippen molar-refractivity contribution >= 4 is 29.1 Å². The number of piperidine rings is 1. The number of aliphatic carboxylic acids is 1. The zero-order chi connectivity index (χ0) is 21.3. The molecule has 3 heterocycles. The van der Waals surface area contributed by atoms with Gasteiger partial charge in [0.25, 0.3) is 0 Å². The molecule has 0 atom stereocenters. The maximum atomic E-state index is 13.1. The number of carbonyl (C=O) groups excluding carboxylic acids is 1. The second-order valence-electron chi connectivity index (χ2n) is 7.95. The molecular formula is C23H24ClN3O3. The zero-order valence-electron chi connectivity index (χ0n) is 16.8. The van der Waals surface area contributed by atoms with Gasteiger partial charge in [0.2, 0.25) is 5.91 Å². The number of hydrogen-bond acceptors (Lipinski definition) is 3. The molecule has 3 aromatic rings. The van der Waals surface area contributed by atoms with Crippen LogP contribution in [-0.2, 0) is 16.0 Å². The van der Waals surface area contributed by atoms with Crippen LogP contribution in [0, 0.1) is 12.8 Å². The first kappa shape index (κ1) is 20.4. The van der Waals surface area contributed by atoms with E-state index in [0.717, 1.165) is 41.0 Å². The van der Waals surface area contributed by atoms with E-state index in [-0.39, 0.29) is 24.7 Å². The summed E-state index contributed by atoms with van der Waals surface area (Å²) in [5.74, 6) is -0.603. The van der Waals surface area contributed by atoms with Crippen LogP contribution in [0.15, 0.2) is 42.6 Å². The van der Waals surface area contributed by atoms with E-state index in [0.29, 0.717) is 18.1 Å². The molecule has 0 unspecified atom stereocenters. The third-order valence-electron chi connectivity index (χ3n) is 5.76. The van der Waals surface area contributed by atoms with Gasteiger partial charge in [-0.05, 0) is 37.8 Å². The van der Waals surface area contributed by atoms with E-state index in [2.05, 4.69) is 0 Å². The molecule has 156 valence electrons. The number of aromatic nitrogens is 2. The Labute approximate surface area is 180 Å². The first-order valence-electron chi connectivity index (χ1n) is 10.1. The second kappa shape index (κ2) is 8.48. The van der Waals surface area contributed by atoms with Gasteiger partial charge in [-0.3, -0.25) is 9.59 Å². The summed E-state index contributed by atoms with van der Waals surface area (Å²) in [4.78, 5) is 30.6. The number of imidazole rings is 1. The summed E-state index contributed by atoms with van der Waals surface area (Å²) in [6, 6.07) is 11.7. The molecule has 30 heavy (non-hydrogen) atoms. The molecule has 0 saturated carbocycles. The first-order chi connectivity index (χ1) is 14.4. The number of hydrogen-bond donors (Lipinski definition) is 1. The Morgan fingerprint density at radius 3 is 2.50 bits per heavy atom. The number of nitrogens with zero attached hydrogens (tertiary/aromatic N) is 3. The van der Waals surface area contributed by atoms with Gasteiger partial charge in [-0.1, -0.05) is 41.4 Å². The van der Waals surface area contributed by atoms with Crippen molar-refractivity contribution in [2.75, 3.05) is 13.1 Å². The fourth-order valence-electron chi connectivity index (χ4n) is 4.07. The lowest BCUT2D eigenvalue weighted by atomic mass is 9.93. The van der Waals surface area contributed by atoms with Gasteiger partial charge in [-0.2, -0.15) is 0 Å². The number of amides is 1. The number of benzene rings is 1. The normalized spacial score (nSPS) is 14.9. The van der Waals surface area contributed by atoms with Crippen molar-refractivity contribution in [2.45, 2.75) is 32.6 Å². The van der Waals surface area contributed by atoms with Crippen molar-refractivity contribution < 1.29 is 14.7 Å². The van der Waals surface area contributed by atoms with Gasteiger partial charge < -0.3 is 14.4 Å². The summed E-state index contributed by atoms with van der Waals surface area (Å²) >= 11 is 6.22. The minimum Gasteiger partial charge on any atom is -0.481 e. The Bertz CT molecular complexity index is 1080. The highest BCUT2D eigenvalue weighted by atomic mass is 35.5. The number of carbonyl (C=O) groups is 2. The van der Waals surface area contributed by atoms with Crippen molar-refractivity contribution in [2.24, 2.45) is 5.92 Å². The number of halogens is 1. The number of carboxylic acids is 1. The summed E-state index contributed by atoms with van der Waals surface area (Å²) in [6.45, 7) is 3.22. The van der Waals surface area contributed by atoms with E-state index in [1.807, 2.05) is 46.6 Å². The maximum Gasteiger partial charge on any atom is 0.303 e. The number of aryl methyl sites for hydroxylation is 1. The highest BCUT2D eigenvalue weighted by Gasteiger charge is 2.26. The molecule has 7 heteroatoms. The summed E-state index contributed by atoms with van der Waals surface area (Å²) in [6.07, 6.45) is 3.63. The average Bonchev–Trinajstić information content (AvgIpc) is 3.06. The number of likely N-dealkylation sites (tertiary alicyclic amines) is 1. The molecule has 4 rings (SSSR count). The third-order valence-corrected chi connectivity index (χ3v) is 5.98. The monoisotopic (exact) mass is 425 g/mol. The summed E-state index contributed by atoms with van der Waals surface area (Å²) in [5.41, 5.74) is 4.47. The van der Waals surface area contributed by atoms with Gasteiger partial charge in [-0.15, -0.1) is 0 Å². The highest BCUT2D eigenvalue weighted by molar-refractivity contribution is 6.30. The standard InChI is InChI=1S/C23H24ClN3O3/c1-15-2-4-17(5-3-15)23-19(27-14-18(24)6-7-20(27)25-23)13-21(28)26-10-8-16(9-11-26)12-22(29)30/h2-7,14,16H,8-13H2,1H3,(H,29,30). The van der Waals surface area contributed by atoms with Crippen LogP contribution in [0.1, 0.15) is 30.5 Å². The molecule has 1 amide bonds. The van der Waals surface area contributed by atoms with Gasteiger partial charge in [0.15, 0.2) is 0 Å². The largest absolute Gasteiger partial charge is 0.481 e. The fraction of sp³-hybridized carbons (Fsp3) is 0.348. The van der Waals surface area contributed by atoms with E-state index in [4.69, 9.17) is 21.7 Å². The first-order valence-corrected chi connectivity index (χ1v) is 10.5. The molecule has 0 spiro atoms. The lowest BCUT2D eigenvalue weighted by Crippen LogP contribution is -2.39. The van der Waals surface area contributed by atoms with Crippen molar-refractivity contribution in [1.29, 1.82) is 0 Å². The molecule has 0 bridgehead atoms. The minimum absolute atomic E-state index is 0.0268. The van der Waals surface area contributed by atoms with Gasteiger partial charge in [0.1, 0.15) is 5.65 Å². The van der Waals surface area contributed by atoms with Crippen molar-refractivity contribution in [3.05, 3.63) is 58.9 Å². The minimum atomic E-state index is -0.773. The summed E-state index contributed by atoms with van der Waals surface area (Å²) < 4.78 is 1.90. The van der Waals surface area contributed by atoms with Gasteiger partial charge in [0.05, 0.1) is 22.8 Å². The van der Waals surface area contributed by atoms with E-state index >= 15 is 0 Å². The Morgan fingerprint density at radius 1 is 1.13 bits per heavy atom. The molecule has 1 aliphatic heterocycles. The lowest BCUT2D eigenvalue weighted by molar-refractivity contribution is -0.138. The van der Waals surface area contributed by atoms with Crippen molar-refractivity contribution in [3.63, 3.8) is 0 Å². The Balaban J connectivity index is 1.60. The molecule has 6 nitrogen and oxygen atoms in total. The number of rotatable bonds is 5. The molecule has 1 aliphatic rings. The Kier molecular flexibility index (Phi) is 5.77. The van der Waals surface area contributed by atoms with Crippen LogP contribution < -0.4 is 0 Å². The van der Waals surface area contributed by atoms with Crippen LogP contribution >= 0.6 is 11.6 Å². The smallest absolute Gasteiger partial charge is 0.303 e. The quantitative estimate of drug-likeness (QED) is 0.664. The summed E-state index contributed by atoms with van der Waals surface area (Å²) in [7, 11) is 0. The van der Waals surface area contributed by atoms with Crippen LogP contribution in [0.4, 0.5) is 0 Å². The molecule has 2 aromatic heterocycles. The van der Waals surface area contributed by atoms with Gasteiger partial charge in [0, 0.05) is 31.3 Å². The van der Waals surface area contributed by atoms with E-state index in [9.17, 15) is 9.59 Å². The van der Waals surface area contributed by atoms with Crippen LogP contribution in [0.2, 0.25) is 5.02 Å². The predicted octanol–water partition coefficient (Wildman–Crippen LogP) is 4.22. The van der Waals surface area contributed by atoms with Crippen molar-refractivity contribution in [3.8, 4) is 11.3 Å². The third kappa shape index (κ3) is 4.33. The molecule has 1 saturated heterocycles. The summed E-state index contributed by atoms with van der Waals surface area (Å²) in [5, 5.41) is 9.57.